The van der Waals surface area contributed by atoms with Crippen LogP contribution in [0.5, 0.6) is 0 Å². The number of hydrogen-bond donors (Lipinski definition) is 0. The van der Waals surface area contributed by atoms with Gasteiger partial charge in [-0.2, -0.15) is 0 Å². The molecule has 0 atom stereocenters. The zero-order valence-electron chi connectivity index (χ0n) is 11.9. The van der Waals surface area contributed by atoms with Gasteiger partial charge in [0, 0.05) is 23.2 Å². The van der Waals surface area contributed by atoms with Gasteiger partial charge in [-0.15, -0.1) is 11.8 Å². The predicted molar refractivity (Wildman–Crippen MR) is 84.2 cm³/mol. The topological polar surface area (TPSA) is 30.0 Å². The number of hydrogen-bond acceptors (Lipinski definition) is 3. The summed E-state index contributed by atoms with van der Waals surface area (Å²) >= 11 is 1.59. The summed E-state index contributed by atoms with van der Waals surface area (Å²) in [6.45, 7) is 4.16. The van der Waals surface area contributed by atoms with E-state index in [1.165, 1.54) is 11.1 Å². The predicted octanol–water partition coefficient (Wildman–Crippen LogP) is 3.86. The van der Waals surface area contributed by atoms with Crippen LogP contribution >= 0.6 is 11.8 Å². The van der Waals surface area contributed by atoms with Crippen LogP contribution in [0.1, 0.15) is 23.7 Å². The van der Waals surface area contributed by atoms with Crippen LogP contribution in [0.25, 0.3) is 0 Å². The molecule has 20 heavy (non-hydrogen) atoms. The summed E-state index contributed by atoms with van der Waals surface area (Å²) in [6, 6.07) is 12.2. The summed E-state index contributed by atoms with van der Waals surface area (Å²) in [5.74, 6) is 0.717. The average Bonchev–Trinajstić information content (AvgIpc) is 2.46. The van der Waals surface area contributed by atoms with Gasteiger partial charge in [0.25, 0.3) is 0 Å². The van der Waals surface area contributed by atoms with Crippen molar-refractivity contribution in [2.24, 2.45) is 0 Å². The number of aryl methyl sites for hydroxylation is 2. The van der Waals surface area contributed by atoms with Crippen LogP contribution < -0.4 is 0 Å². The molecule has 0 fully saturated rings. The minimum atomic E-state index is 0.216. The molecule has 0 saturated carbocycles. The number of aromatic nitrogens is 1. The van der Waals surface area contributed by atoms with Crippen LogP contribution in [0.3, 0.4) is 0 Å². The molecule has 3 heteroatoms. The SMILES string of the molecule is CCc1ccc(CC(=O)CSc2cccc(C)c2)nc1. The molecule has 0 saturated heterocycles. The van der Waals surface area contributed by atoms with Crippen LogP contribution in [0.2, 0.25) is 0 Å². The largest absolute Gasteiger partial charge is 0.298 e. The lowest BCUT2D eigenvalue weighted by molar-refractivity contribution is -0.116. The van der Waals surface area contributed by atoms with Gasteiger partial charge in [-0.05, 0) is 37.1 Å². The van der Waals surface area contributed by atoms with E-state index in [1.807, 2.05) is 30.5 Å². The van der Waals surface area contributed by atoms with E-state index >= 15 is 0 Å². The second-order valence-corrected chi connectivity index (χ2v) is 5.88. The molecule has 2 rings (SSSR count). The van der Waals surface area contributed by atoms with Crippen LogP contribution in [-0.2, 0) is 17.6 Å². The van der Waals surface area contributed by atoms with Gasteiger partial charge in [0.1, 0.15) is 5.78 Å². The highest BCUT2D eigenvalue weighted by molar-refractivity contribution is 8.00. The van der Waals surface area contributed by atoms with E-state index in [0.29, 0.717) is 12.2 Å². The van der Waals surface area contributed by atoms with Gasteiger partial charge >= 0.3 is 0 Å². The molecule has 0 aliphatic heterocycles. The Balaban J connectivity index is 1.85. The molecule has 1 aromatic carbocycles. The van der Waals surface area contributed by atoms with Gasteiger partial charge < -0.3 is 0 Å². The number of rotatable bonds is 6. The monoisotopic (exact) mass is 285 g/mol. The Bertz CT molecular complexity index is 578. The van der Waals surface area contributed by atoms with Crippen LogP contribution in [-0.4, -0.2) is 16.5 Å². The Morgan fingerprint density at radius 3 is 2.75 bits per heavy atom. The van der Waals surface area contributed by atoms with E-state index in [0.717, 1.165) is 17.0 Å². The molecule has 0 radical (unpaired) electrons. The Morgan fingerprint density at radius 1 is 1.25 bits per heavy atom. The molecule has 0 amide bonds. The molecule has 0 aliphatic rings. The first kappa shape index (κ1) is 14.8. The van der Waals surface area contributed by atoms with Crippen molar-refractivity contribution in [1.29, 1.82) is 0 Å². The van der Waals surface area contributed by atoms with Crippen molar-refractivity contribution in [1.82, 2.24) is 4.98 Å². The Kier molecular flexibility index (Phi) is 5.36. The fourth-order valence-electron chi connectivity index (χ4n) is 1.89. The minimum Gasteiger partial charge on any atom is -0.298 e. The number of ketones is 1. The van der Waals surface area contributed by atoms with Crippen LogP contribution in [0, 0.1) is 6.92 Å². The summed E-state index contributed by atoms with van der Waals surface area (Å²) in [5, 5.41) is 0. The molecule has 0 aliphatic carbocycles. The number of nitrogens with zero attached hydrogens (tertiary/aromatic N) is 1. The van der Waals surface area contributed by atoms with Gasteiger partial charge in [0.2, 0.25) is 0 Å². The fraction of sp³-hybridized carbons (Fsp3) is 0.294. The molecule has 0 bridgehead atoms. The smallest absolute Gasteiger partial charge is 0.149 e. The molecule has 1 heterocycles. The standard InChI is InChI=1S/C17H19NOS/c1-3-14-7-8-15(18-11-14)10-16(19)12-20-17-6-4-5-13(2)9-17/h4-9,11H,3,10,12H2,1-2H3. The molecule has 0 spiro atoms. The number of pyridine rings is 1. The quantitative estimate of drug-likeness (QED) is 0.755. The zero-order chi connectivity index (χ0) is 14.4. The highest BCUT2D eigenvalue weighted by Gasteiger charge is 2.06. The van der Waals surface area contributed by atoms with Crippen LogP contribution in [0.4, 0.5) is 0 Å². The molecule has 0 unspecified atom stereocenters. The summed E-state index contributed by atoms with van der Waals surface area (Å²) in [4.78, 5) is 17.4. The first-order valence-electron chi connectivity index (χ1n) is 6.82. The summed E-state index contributed by atoms with van der Waals surface area (Å²) in [5.41, 5.74) is 3.28. The van der Waals surface area contributed by atoms with E-state index in [9.17, 15) is 4.79 Å². The third-order valence-electron chi connectivity index (χ3n) is 3.06. The van der Waals surface area contributed by atoms with Gasteiger partial charge in [-0.1, -0.05) is 30.7 Å². The minimum absolute atomic E-state index is 0.216. The third kappa shape index (κ3) is 4.49. The van der Waals surface area contributed by atoms with Gasteiger partial charge in [-0.25, -0.2) is 0 Å². The number of carbonyl (C=O) groups is 1. The lowest BCUT2D eigenvalue weighted by Gasteiger charge is -2.03. The number of Topliss-reactive ketones (excluding diaryl/α,β-unsaturated/α-hetero) is 1. The van der Waals surface area contributed by atoms with Crippen molar-refractivity contribution >= 4 is 17.5 Å². The van der Waals surface area contributed by atoms with Crippen molar-refractivity contribution in [3.63, 3.8) is 0 Å². The van der Waals surface area contributed by atoms with Gasteiger partial charge in [0.15, 0.2) is 0 Å². The first-order valence-corrected chi connectivity index (χ1v) is 7.81. The Morgan fingerprint density at radius 2 is 2.10 bits per heavy atom. The molecule has 2 nitrogen and oxygen atoms in total. The summed E-state index contributed by atoms with van der Waals surface area (Å²) < 4.78 is 0. The lowest BCUT2D eigenvalue weighted by atomic mass is 10.1. The average molecular weight is 285 g/mol. The maximum absolute atomic E-state index is 12.0. The van der Waals surface area contributed by atoms with Crippen molar-refractivity contribution < 1.29 is 4.79 Å². The Hall–Kier alpha value is -1.61. The van der Waals surface area contributed by atoms with Gasteiger partial charge in [0.05, 0.1) is 5.75 Å². The van der Waals surface area contributed by atoms with E-state index in [4.69, 9.17) is 0 Å². The summed E-state index contributed by atoms with van der Waals surface area (Å²) in [6.07, 6.45) is 3.25. The fourth-order valence-corrected chi connectivity index (χ4v) is 2.76. The second-order valence-electron chi connectivity index (χ2n) is 4.83. The van der Waals surface area contributed by atoms with E-state index in [-0.39, 0.29) is 5.78 Å². The number of benzene rings is 1. The molecule has 2 aromatic rings. The van der Waals surface area contributed by atoms with Crippen molar-refractivity contribution in [2.45, 2.75) is 31.6 Å². The van der Waals surface area contributed by atoms with Gasteiger partial charge in [-0.3, -0.25) is 9.78 Å². The second kappa shape index (κ2) is 7.25. The first-order chi connectivity index (χ1) is 9.67. The number of carbonyl (C=O) groups excluding carboxylic acids is 1. The maximum Gasteiger partial charge on any atom is 0.149 e. The van der Waals surface area contributed by atoms with E-state index in [1.54, 1.807) is 11.8 Å². The van der Waals surface area contributed by atoms with E-state index < -0.39 is 0 Å². The molecule has 104 valence electrons. The number of thioether (sulfide) groups is 1. The van der Waals surface area contributed by atoms with Crippen molar-refractivity contribution in [3.8, 4) is 0 Å². The molecular formula is C17H19NOS. The highest BCUT2D eigenvalue weighted by atomic mass is 32.2. The van der Waals surface area contributed by atoms with Crippen molar-refractivity contribution in [2.75, 3.05) is 5.75 Å². The maximum atomic E-state index is 12.0. The highest BCUT2D eigenvalue weighted by Crippen LogP contribution is 2.19. The molecule has 1 aromatic heterocycles. The van der Waals surface area contributed by atoms with E-state index in [2.05, 4.69) is 31.0 Å². The molecular weight excluding hydrogens is 266 g/mol. The third-order valence-corrected chi connectivity index (χ3v) is 4.12. The van der Waals surface area contributed by atoms with Crippen molar-refractivity contribution in [3.05, 3.63) is 59.4 Å². The summed E-state index contributed by atoms with van der Waals surface area (Å²) in [7, 11) is 0. The zero-order valence-corrected chi connectivity index (χ0v) is 12.7. The lowest BCUT2D eigenvalue weighted by Crippen LogP contribution is -2.07. The normalized spacial score (nSPS) is 10.5. The Labute approximate surface area is 124 Å². The molecule has 0 N–H and O–H groups in total. The van der Waals surface area contributed by atoms with Crippen LogP contribution in [0.15, 0.2) is 47.5 Å².